The molecule has 2 rings (SSSR count). The Hall–Kier alpha value is -1.71. The highest BCUT2D eigenvalue weighted by atomic mass is 16.3. The number of carbonyl (C=O) groups is 1. The van der Waals surface area contributed by atoms with Gasteiger partial charge in [0.05, 0.1) is 0 Å². The standard InChI is InChI=1S/C13H13NO2/c14-13(9-5-4-8-11(13)15)12(16)10-6-2-1-3-7-10/h1-9,11,15H,14H2. The second kappa shape index (κ2) is 4.04. The highest BCUT2D eigenvalue weighted by Crippen LogP contribution is 2.20. The lowest BCUT2D eigenvalue weighted by molar-refractivity contribution is 0.0780. The molecular weight excluding hydrogens is 202 g/mol. The van der Waals surface area contributed by atoms with Crippen LogP contribution < -0.4 is 5.73 Å². The van der Waals surface area contributed by atoms with E-state index in [1.165, 1.54) is 12.2 Å². The van der Waals surface area contributed by atoms with E-state index in [2.05, 4.69) is 0 Å². The van der Waals surface area contributed by atoms with Gasteiger partial charge in [-0.05, 0) is 0 Å². The first-order chi connectivity index (χ1) is 7.64. The second-order valence-electron chi connectivity index (χ2n) is 3.82. The first-order valence-electron chi connectivity index (χ1n) is 5.07. The van der Waals surface area contributed by atoms with Gasteiger partial charge in [0.25, 0.3) is 0 Å². The molecule has 0 fully saturated rings. The Bertz CT molecular complexity index is 450. The number of hydrogen-bond donors (Lipinski definition) is 2. The van der Waals surface area contributed by atoms with Crippen LogP contribution in [0.25, 0.3) is 0 Å². The van der Waals surface area contributed by atoms with Crippen LogP contribution in [0, 0.1) is 0 Å². The normalized spacial score (nSPS) is 28.0. The lowest BCUT2D eigenvalue weighted by atomic mass is 9.82. The monoisotopic (exact) mass is 215 g/mol. The van der Waals surface area contributed by atoms with Gasteiger partial charge in [-0.15, -0.1) is 0 Å². The molecule has 0 saturated carbocycles. The molecule has 3 heteroatoms. The predicted octanol–water partition coefficient (Wildman–Crippen LogP) is 1.05. The van der Waals surface area contributed by atoms with E-state index >= 15 is 0 Å². The Morgan fingerprint density at radius 1 is 1.25 bits per heavy atom. The van der Waals surface area contributed by atoms with E-state index in [0.29, 0.717) is 5.56 Å². The van der Waals surface area contributed by atoms with E-state index in [1.807, 2.05) is 6.07 Å². The fraction of sp³-hybridized carbons (Fsp3) is 0.154. The number of carbonyl (C=O) groups excluding carboxylic acids is 1. The van der Waals surface area contributed by atoms with Crippen molar-refractivity contribution in [3.05, 3.63) is 60.2 Å². The third-order valence-electron chi connectivity index (χ3n) is 2.70. The van der Waals surface area contributed by atoms with Crippen LogP contribution in [-0.2, 0) is 0 Å². The van der Waals surface area contributed by atoms with Crippen molar-refractivity contribution in [3.8, 4) is 0 Å². The van der Waals surface area contributed by atoms with Gasteiger partial charge in [0.1, 0.15) is 11.6 Å². The molecule has 0 saturated heterocycles. The average Bonchev–Trinajstić information content (AvgIpc) is 2.33. The van der Waals surface area contributed by atoms with Crippen molar-refractivity contribution in [2.24, 2.45) is 5.73 Å². The summed E-state index contributed by atoms with van der Waals surface area (Å²) in [6.45, 7) is 0. The molecule has 82 valence electrons. The lowest BCUT2D eigenvalue weighted by Crippen LogP contribution is -2.55. The zero-order valence-corrected chi connectivity index (χ0v) is 8.71. The lowest BCUT2D eigenvalue weighted by Gasteiger charge is -2.29. The fourth-order valence-electron chi connectivity index (χ4n) is 1.69. The molecule has 0 spiro atoms. The third-order valence-corrected chi connectivity index (χ3v) is 2.70. The molecule has 0 radical (unpaired) electrons. The maximum Gasteiger partial charge on any atom is 0.189 e. The summed E-state index contributed by atoms with van der Waals surface area (Å²) in [6.07, 6.45) is 5.42. The summed E-state index contributed by atoms with van der Waals surface area (Å²) < 4.78 is 0. The molecule has 16 heavy (non-hydrogen) atoms. The molecule has 0 bridgehead atoms. The van der Waals surface area contributed by atoms with Gasteiger partial charge in [0, 0.05) is 5.56 Å². The molecule has 2 unspecified atom stereocenters. The number of ketones is 1. The van der Waals surface area contributed by atoms with E-state index in [4.69, 9.17) is 5.73 Å². The van der Waals surface area contributed by atoms with Gasteiger partial charge in [-0.3, -0.25) is 4.79 Å². The number of benzene rings is 1. The molecule has 0 aliphatic heterocycles. The van der Waals surface area contributed by atoms with Crippen molar-refractivity contribution in [3.63, 3.8) is 0 Å². The number of nitrogens with two attached hydrogens (primary N) is 1. The minimum absolute atomic E-state index is 0.277. The Kier molecular flexibility index (Phi) is 2.73. The van der Waals surface area contributed by atoms with Gasteiger partial charge in [0.2, 0.25) is 0 Å². The van der Waals surface area contributed by atoms with Crippen molar-refractivity contribution >= 4 is 5.78 Å². The van der Waals surface area contributed by atoms with Gasteiger partial charge in [-0.2, -0.15) is 0 Å². The number of rotatable bonds is 2. The summed E-state index contributed by atoms with van der Waals surface area (Å²) in [7, 11) is 0. The molecule has 2 atom stereocenters. The van der Waals surface area contributed by atoms with Crippen LogP contribution in [0.1, 0.15) is 10.4 Å². The number of allylic oxidation sites excluding steroid dienone is 2. The summed E-state index contributed by atoms with van der Waals surface area (Å²) in [5.74, 6) is -0.277. The zero-order valence-electron chi connectivity index (χ0n) is 8.71. The Balaban J connectivity index is 2.35. The molecule has 1 aliphatic carbocycles. The van der Waals surface area contributed by atoms with Gasteiger partial charge in [-0.25, -0.2) is 0 Å². The topological polar surface area (TPSA) is 63.3 Å². The van der Waals surface area contributed by atoms with Crippen molar-refractivity contribution in [2.45, 2.75) is 11.6 Å². The van der Waals surface area contributed by atoms with E-state index in [1.54, 1.807) is 36.4 Å². The summed E-state index contributed by atoms with van der Waals surface area (Å²) >= 11 is 0. The van der Waals surface area contributed by atoms with Crippen LogP contribution in [0.4, 0.5) is 0 Å². The minimum atomic E-state index is -1.35. The summed E-state index contributed by atoms with van der Waals surface area (Å²) in [4.78, 5) is 12.2. The largest absolute Gasteiger partial charge is 0.386 e. The molecule has 1 aliphatic rings. The number of aliphatic hydroxyl groups is 1. The minimum Gasteiger partial charge on any atom is -0.386 e. The molecule has 3 N–H and O–H groups in total. The van der Waals surface area contributed by atoms with Crippen LogP contribution >= 0.6 is 0 Å². The van der Waals surface area contributed by atoms with Gasteiger partial charge < -0.3 is 10.8 Å². The zero-order chi connectivity index (χ0) is 11.6. The molecule has 1 aromatic carbocycles. The SMILES string of the molecule is NC1(C(=O)c2ccccc2)C=CC=CC1O. The van der Waals surface area contributed by atoms with Crippen molar-refractivity contribution in [1.82, 2.24) is 0 Å². The van der Waals surface area contributed by atoms with E-state index in [9.17, 15) is 9.90 Å². The van der Waals surface area contributed by atoms with Gasteiger partial charge in [0.15, 0.2) is 5.78 Å². The average molecular weight is 215 g/mol. The molecule has 0 aromatic heterocycles. The van der Waals surface area contributed by atoms with Gasteiger partial charge in [-0.1, -0.05) is 54.6 Å². The molecular formula is C13H13NO2. The van der Waals surface area contributed by atoms with Crippen molar-refractivity contribution in [1.29, 1.82) is 0 Å². The van der Waals surface area contributed by atoms with E-state index in [-0.39, 0.29) is 5.78 Å². The Morgan fingerprint density at radius 2 is 1.94 bits per heavy atom. The first kappa shape index (κ1) is 10.8. The number of Topliss-reactive ketones (excluding diaryl/α,β-unsaturated/α-hetero) is 1. The van der Waals surface area contributed by atoms with E-state index < -0.39 is 11.6 Å². The van der Waals surface area contributed by atoms with Crippen LogP contribution in [-0.4, -0.2) is 22.5 Å². The molecule has 0 heterocycles. The third kappa shape index (κ3) is 1.71. The second-order valence-corrected chi connectivity index (χ2v) is 3.82. The summed E-state index contributed by atoms with van der Waals surface area (Å²) in [5, 5.41) is 9.78. The Labute approximate surface area is 93.9 Å². The highest BCUT2D eigenvalue weighted by molar-refractivity contribution is 6.05. The van der Waals surface area contributed by atoms with Crippen LogP contribution in [0.2, 0.25) is 0 Å². The maximum absolute atomic E-state index is 12.2. The van der Waals surface area contributed by atoms with Crippen molar-refractivity contribution in [2.75, 3.05) is 0 Å². The van der Waals surface area contributed by atoms with Gasteiger partial charge >= 0.3 is 0 Å². The first-order valence-corrected chi connectivity index (χ1v) is 5.07. The molecule has 1 aromatic rings. The summed E-state index contributed by atoms with van der Waals surface area (Å²) in [6, 6.07) is 8.75. The number of hydrogen-bond acceptors (Lipinski definition) is 3. The van der Waals surface area contributed by atoms with E-state index in [0.717, 1.165) is 0 Å². The smallest absolute Gasteiger partial charge is 0.189 e. The molecule has 3 nitrogen and oxygen atoms in total. The van der Waals surface area contributed by atoms with Crippen LogP contribution in [0.3, 0.4) is 0 Å². The van der Waals surface area contributed by atoms with Crippen LogP contribution in [0.5, 0.6) is 0 Å². The highest BCUT2D eigenvalue weighted by Gasteiger charge is 2.38. The predicted molar refractivity (Wildman–Crippen MR) is 62.0 cm³/mol. The number of aliphatic hydroxyl groups excluding tert-OH is 1. The Morgan fingerprint density at radius 3 is 2.56 bits per heavy atom. The maximum atomic E-state index is 12.2. The summed E-state index contributed by atoms with van der Waals surface area (Å²) in [5.41, 5.74) is 5.09. The van der Waals surface area contributed by atoms with Crippen LogP contribution in [0.15, 0.2) is 54.6 Å². The van der Waals surface area contributed by atoms with Crippen molar-refractivity contribution < 1.29 is 9.90 Å². The molecule has 0 amide bonds. The quantitative estimate of drug-likeness (QED) is 0.725. The fourth-order valence-corrected chi connectivity index (χ4v) is 1.69.